The molecular weight excluding hydrogens is 152 g/mol. The van der Waals surface area contributed by atoms with Gasteiger partial charge in [0.25, 0.3) is 0 Å². The number of hydrogen-bond donors (Lipinski definition) is 2. The van der Waals surface area contributed by atoms with Crippen LogP contribution in [-0.4, -0.2) is 32.3 Å². The molecule has 12 heavy (non-hydrogen) atoms. The Kier molecular flexibility index (Phi) is 4.58. The molecule has 1 saturated heterocycles. The van der Waals surface area contributed by atoms with Gasteiger partial charge in [0.1, 0.15) is 0 Å². The minimum absolute atomic E-state index is 0.454. The van der Waals surface area contributed by atoms with E-state index in [2.05, 4.69) is 12.2 Å². The summed E-state index contributed by atoms with van der Waals surface area (Å²) in [4.78, 5) is 0. The van der Waals surface area contributed by atoms with Gasteiger partial charge in [-0.2, -0.15) is 0 Å². The van der Waals surface area contributed by atoms with Gasteiger partial charge in [-0.25, -0.2) is 0 Å². The quantitative estimate of drug-likeness (QED) is 0.643. The molecule has 3 heteroatoms. The first-order chi connectivity index (χ1) is 5.88. The minimum Gasteiger partial charge on any atom is -0.381 e. The summed E-state index contributed by atoms with van der Waals surface area (Å²) in [5.74, 6) is 0.628. The minimum atomic E-state index is 0.454. The Morgan fingerprint density at radius 3 is 3.00 bits per heavy atom. The van der Waals surface area contributed by atoms with Crippen molar-refractivity contribution in [2.45, 2.75) is 25.8 Å². The number of nitrogens with two attached hydrogens (primary N) is 1. The van der Waals surface area contributed by atoms with Crippen LogP contribution in [0.5, 0.6) is 0 Å². The molecular formula is C9H20N2O. The van der Waals surface area contributed by atoms with Gasteiger partial charge in [0.15, 0.2) is 0 Å². The lowest BCUT2D eigenvalue weighted by molar-refractivity contribution is 0.0408. The Hall–Kier alpha value is -0.120. The van der Waals surface area contributed by atoms with E-state index in [0.717, 1.165) is 26.3 Å². The van der Waals surface area contributed by atoms with E-state index in [9.17, 15) is 0 Å². The fourth-order valence-corrected chi connectivity index (χ4v) is 1.79. The highest BCUT2D eigenvalue weighted by molar-refractivity contribution is 4.78. The van der Waals surface area contributed by atoms with Crippen LogP contribution in [0.4, 0.5) is 0 Å². The van der Waals surface area contributed by atoms with E-state index in [1.54, 1.807) is 0 Å². The van der Waals surface area contributed by atoms with E-state index in [4.69, 9.17) is 10.5 Å². The summed E-state index contributed by atoms with van der Waals surface area (Å²) < 4.78 is 5.42. The maximum Gasteiger partial charge on any atom is 0.0509 e. The number of likely N-dealkylation sites (N-methyl/N-ethyl adjacent to an activating group) is 1. The predicted octanol–water partition coefficient (Wildman–Crippen LogP) is 0.350. The van der Waals surface area contributed by atoms with Crippen molar-refractivity contribution >= 4 is 0 Å². The molecule has 0 spiro atoms. The van der Waals surface area contributed by atoms with Crippen LogP contribution in [0, 0.1) is 5.92 Å². The molecule has 0 bridgehead atoms. The second kappa shape index (κ2) is 5.51. The van der Waals surface area contributed by atoms with Gasteiger partial charge >= 0.3 is 0 Å². The van der Waals surface area contributed by atoms with Crippen molar-refractivity contribution in [2.75, 3.05) is 26.3 Å². The highest BCUT2D eigenvalue weighted by atomic mass is 16.5. The third-order valence-corrected chi connectivity index (χ3v) is 2.48. The Morgan fingerprint density at radius 2 is 2.50 bits per heavy atom. The molecule has 0 aromatic carbocycles. The average Bonchev–Trinajstić information content (AvgIpc) is 2.15. The van der Waals surface area contributed by atoms with Crippen LogP contribution in [0.2, 0.25) is 0 Å². The van der Waals surface area contributed by atoms with Crippen molar-refractivity contribution in [1.29, 1.82) is 0 Å². The SMILES string of the molecule is CCNC(CN)C1CCCOC1. The summed E-state index contributed by atoms with van der Waals surface area (Å²) in [6, 6.07) is 0.454. The van der Waals surface area contributed by atoms with Crippen molar-refractivity contribution in [3.8, 4) is 0 Å². The highest BCUT2D eigenvalue weighted by Crippen LogP contribution is 2.16. The molecule has 1 fully saturated rings. The molecule has 0 radical (unpaired) electrons. The lowest BCUT2D eigenvalue weighted by Crippen LogP contribution is -2.45. The van der Waals surface area contributed by atoms with Crippen LogP contribution in [0.15, 0.2) is 0 Å². The van der Waals surface area contributed by atoms with Crippen molar-refractivity contribution < 1.29 is 4.74 Å². The van der Waals surface area contributed by atoms with E-state index in [-0.39, 0.29) is 0 Å². The van der Waals surface area contributed by atoms with Gasteiger partial charge < -0.3 is 15.8 Å². The van der Waals surface area contributed by atoms with Gasteiger partial charge in [0.05, 0.1) is 6.61 Å². The first-order valence-corrected chi connectivity index (χ1v) is 4.89. The molecule has 2 atom stereocenters. The molecule has 1 aliphatic rings. The van der Waals surface area contributed by atoms with Crippen LogP contribution >= 0.6 is 0 Å². The van der Waals surface area contributed by atoms with Gasteiger partial charge in [-0.1, -0.05) is 6.92 Å². The molecule has 2 unspecified atom stereocenters. The summed E-state index contributed by atoms with van der Waals surface area (Å²) in [7, 11) is 0. The maximum atomic E-state index is 5.67. The summed E-state index contributed by atoms with van der Waals surface area (Å²) in [6.45, 7) is 5.65. The Labute approximate surface area is 74.7 Å². The number of nitrogens with one attached hydrogen (secondary N) is 1. The third kappa shape index (κ3) is 2.73. The third-order valence-electron chi connectivity index (χ3n) is 2.48. The molecule has 0 aromatic heterocycles. The standard InChI is InChI=1S/C9H20N2O/c1-2-11-9(6-10)8-4-3-5-12-7-8/h8-9,11H,2-7,10H2,1H3. The molecule has 1 heterocycles. The van der Waals surface area contributed by atoms with Crippen molar-refractivity contribution in [2.24, 2.45) is 11.7 Å². The van der Waals surface area contributed by atoms with Crippen LogP contribution in [0.3, 0.4) is 0 Å². The Balaban J connectivity index is 2.29. The van der Waals surface area contributed by atoms with Crippen molar-refractivity contribution in [3.05, 3.63) is 0 Å². The van der Waals surface area contributed by atoms with E-state index in [1.807, 2.05) is 0 Å². The van der Waals surface area contributed by atoms with Crippen LogP contribution in [-0.2, 0) is 4.74 Å². The highest BCUT2D eigenvalue weighted by Gasteiger charge is 2.21. The van der Waals surface area contributed by atoms with Gasteiger partial charge in [0.2, 0.25) is 0 Å². The van der Waals surface area contributed by atoms with Crippen LogP contribution in [0.25, 0.3) is 0 Å². The topological polar surface area (TPSA) is 47.3 Å². The first-order valence-electron chi connectivity index (χ1n) is 4.89. The molecule has 0 aliphatic carbocycles. The van der Waals surface area contributed by atoms with Gasteiger partial charge in [0, 0.05) is 19.2 Å². The van der Waals surface area contributed by atoms with E-state index < -0.39 is 0 Å². The first kappa shape index (κ1) is 9.96. The molecule has 72 valence electrons. The summed E-state index contributed by atoms with van der Waals surface area (Å²) in [6.07, 6.45) is 2.45. The van der Waals surface area contributed by atoms with Gasteiger partial charge in [-0.3, -0.25) is 0 Å². The fourth-order valence-electron chi connectivity index (χ4n) is 1.79. The Bertz CT molecular complexity index is 110. The van der Waals surface area contributed by atoms with Crippen molar-refractivity contribution in [1.82, 2.24) is 5.32 Å². The molecule has 1 rings (SSSR count). The Morgan fingerprint density at radius 1 is 1.67 bits per heavy atom. The summed E-state index contributed by atoms with van der Waals surface area (Å²) >= 11 is 0. The molecule has 1 aliphatic heterocycles. The molecule has 0 amide bonds. The number of rotatable bonds is 4. The largest absolute Gasteiger partial charge is 0.381 e. The number of ether oxygens (including phenoxy) is 1. The molecule has 3 N–H and O–H groups in total. The van der Waals surface area contributed by atoms with Crippen molar-refractivity contribution in [3.63, 3.8) is 0 Å². The molecule has 3 nitrogen and oxygen atoms in total. The van der Waals surface area contributed by atoms with Gasteiger partial charge in [-0.15, -0.1) is 0 Å². The van der Waals surface area contributed by atoms with Crippen LogP contribution in [0.1, 0.15) is 19.8 Å². The molecule has 0 saturated carbocycles. The summed E-state index contributed by atoms with van der Waals surface area (Å²) in [5.41, 5.74) is 5.67. The molecule has 0 aromatic rings. The predicted molar refractivity (Wildman–Crippen MR) is 50.1 cm³/mol. The second-order valence-electron chi connectivity index (χ2n) is 3.38. The van der Waals surface area contributed by atoms with E-state index >= 15 is 0 Å². The fraction of sp³-hybridized carbons (Fsp3) is 1.00. The lowest BCUT2D eigenvalue weighted by Gasteiger charge is -2.29. The van der Waals surface area contributed by atoms with Crippen LogP contribution < -0.4 is 11.1 Å². The monoisotopic (exact) mass is 172 g/mol. The zero-order chi connectivity index (χ0) is 8.81. The van der Waals surface area contributed by atoms with Gasteiger partial charge in [-0.05, 0) is 25.3 Å². The normalized spacial score (nSPS) is 27.0. The maximum absolute atomic E-state index is 5.67. The smallest absolute Gasteiger partial charge is 0.0509 e. The van der Waals surface area contributed by atoms with E-state index in [1.165, 1.54) is 12.8 Å². The summed E-state index contributed by atoms with van der Waals surface area (Å²) in [5, 5.41) is 3.40. The zero-order valence-corrected chi connectivity index (χ0v) is 7.88. The average molecular weight is 172 g/mol. The zero-order valence-electron chi connectivity index (χ0n) is 7.88. The number of hydrogen-bond acceptors (Lipinski definition) is 3. The second-order valence-corrected chi connectivity index (χ2v) is 3.38. The van der Waals surface area contributed by atoms with E-state index in [0.29, 0.717) is 12.0 Å². The lowest BCUT2D eigenvalue weighted by atomic mass is 9.94.